The molecule has 0 radical (unpaired) electrons. The molecule has 0 saturated carbocycles. The van der Waals surface area contributed by atoms with Crippen LogP contribution in [-0.4, -0.2) is 24.4 Å². The van der Waals surface area contributed by atoms with E-state index in [1.165, 1.54) is 0 Å². The van der Waals surface area contributed by atoms with Crippen LogP contribution in [0.4, 0.5) is 8.78 Å². The van der Waals surface area contributed by atoms with Gasteiger partial charge in [-0.05, 0) is 29.8 Å². The van der Waals surface area contributed by atoms with E-state index in [1.807, 2.05) is 43.7 Å². The van der Waals surface area contributed by atoms with E-state index >= 15 is 0 Å². The molecule has 0 amide bonds. The second-order valence-corrected chi connectivity index (χ2v) is 7.84. The number of aromatic nitrogens is 5. The van der Waals surface area contributed by atoms with Crippen molar-refractivity contribution < 1.29 is 8.78 Å². The fourth-order valence-electron chi connectivity index (χ4n) is 3.46. The standard InChI is InChI=1S/C22H14BrF2N5/c1-29-11-16(8-27-29)13-2-3-21-19(10-28-30(21)12-13)14-4-15(6-17(23)5-14)22-20(25)7-18(24)9-26-22/h2-12H,1H3. The van der Waals surface area contributed by atoms with E-state index in [4.69, 9.17) is 0 Å². The average Bonchev–Trinajstić information content (AvgIpc) is 3.33. The van der Waals surface area contributed by atoms with E-state index in [9.17, 15) is 8.78 Å². The smallest absolute Gasteiger partial charge is 0.152 e. The van der Waals surface area contributed by atoms with Crippen LogP contribution in [-0.2, 0) is 7.05 Å². The minimum Gasteiger partial charge on any atom is -0.275 e. The van der Waals surface area contributed by atoms with Crippen molar-refractivity contribution >= 4 is 21.4 Å². The Morgan fingerprint density at radius 3 is 2.43 bits per heavy atom. The number of nitrogens with zero attached hydrogens (tertiary/aromatic N) is 5. The summed E-state index contributed by atoms with van der Waals surface area (Å²) in [6.45, 7) is 0. The number of hydrogen-bond acceptors (Lipinski definition) is 3. The first-order valence-corrected chi connectivity index (χ1v) is 9.86. The molecule has 0 bridgehead atoms. The molecule has 0 atom stereocenters. The number of benzene rings is 1. The van der Waals surface area contributed by atoms with Gasteiger partial charge in [-0.2, -0.15) is 10.2 Å². The molecule has 30 heavy (non-hydrogen) atoms. The number of pyridine rings is 2. The highest BCUT2D eigenvalue weighted by Crippen LogP contribution is 2.33. The van der Waals surface area contributed by atoms with E-state index in [-0.39, 0.29) is 5.69 Å². The van der Waals surface area contributed by atoms with Crippen molar-refractivity contribution in [2.75, 3.05) is 0 Å². The van der Waals surface area contributed by atoms with Gasteiger partial charge in [0.05, 0.1) is 24.1 Å². The highest BCUT2D eigenvalue weighted by molar-refractivity contribution is 9.10. The molecular weight excluding hydrogens is 452 g/mol. The molecule has 148 valence electrons. The lowest BCUT2D eigenvalue weighted by molar-refractivity contribution is 0.576. The fourth-order valence-corrected chi connectivity index (χ4v) is 3.95. The van der Waals surface area contributed by atoms with Crippen molar-refractivity contribution in [3.63, 3.8) is 0 Å². The number of hydrogen-bond donors (Lipinski definition) is 0. The van der Waals surface area contributed by atoms with Gasteiger partial charge in [-0.15, -0.1) is 0 Å². The normalized spacial score (nSPS) is 11.3. The molecule has 0 aliphatic carbocycles. The second-order valence-electron chi connectivity index (χ2n) is 6.92. The first-order valence-electron chi connectivity index (χ1n) is 9.07. The van der Waals surface area contributed by atoms with Crippen LogP contribution in [0.3, 0.4) is 0 Å². The van der Waals surface area contributed by atoms with Crippen molar-refractivity contribution in [3.05, 3.63) is 83.5 Å². The van der Waals surface area contributed by atoms with Gasteiger partial charge < -0.3 is 0 Å². The molecule has 8 heteroatoms. The number of halogens is 3. The molecule has 4 aromatic heterocycles. The lowest BCUT2D eigenvalue weighted by Gasteiger charge is -2.08. The van der Waals surface area contributed by atoms with E-state index < -0.39 is 11.6 Å². The molecular formula is C22H14BrF2N5. The highest BCUT2D eigenvalue weighted by atomic mass is 79.9. The summed E-state index contributed by atoms with van der Waals surface area (Å²) < 4.78 is 31.8. The van der Waals surface area contributed by atoms with Crippen molar-refractivity contribution in [2.45, 2.75) is 0 Å². The molecule has 0 N–H and O–H groups in total. The molecule has 4 heterocycles. The summed E-state index contributed by atoms with van der Waals surface area (Å²) >= 11 is 3.48. The maximum absolute atomic E-state index is 14.3. The van der Waals surface area contributed by atoms with Crippen LogP contribution in [0.2, 0.25) is 0 Å². The van der Waals surface area contributed by atoms with Gasteiger partial charge in [-0.25, -0.2) is 13.3 Å². The Labute approximate surface area is 178 Å². The highest BCUT2D eigenvalue weighted by Gasteiger charge is 2.14. The van der Waals surface area contributed by atoms with E-state index in [0.717, 1.165) is 44.5 Å². The van der Waals surface area contributed by atoms with Gasteiger partial charge in [0, 0.05) is 52.2 Å². The van der Waals surface area contributed by atoms with Crippen molar-refractivity contribution in [3.8, 4) is 33.5 Å². The third kappa shape index (κ3) is 3.29. The topological polar surface area (TPSA) is 48.0 Å². The van der Waals surface area contributed by atoms with Crippen LogP contribution in [0.5, 0.6) is 0 Å². The number of rotatable bonds is 3. The Morgan fingerprint density at radius 1 is 0.833 bits per heavy atom. The Morgan fingerprint density at radius 2 is 1.67 bits per heavy atom. The largest absolute Gasteiger partial charge is 0.275 e. The van der Waals surface area contributed by atoms with E-state index in [2.05, 4.69) is 31.1 Å². The van der Waals surface area contributed by atoms with Crippen LogP contribution in [0.1, 0.15) is 0 Å². The fraction of sp³-hybridized carbons (Fsp3) is 0.0455. The van der Waals surface area contributed by atoms with Gasteiger partial charge in [0.2, 0.25) is 0 Å². The minimum atomic E-state index is -0.710. The van der Waals surface area contributed by atoms with Gasteiger partial charge in [0.15, 0.2) is 5.82 Å². The molecule has 0 aliphatic rings. The molecule has 0 unspecified atom stereocenters. The van der Waals surface area contributed by atoms with Crippen molar-refractivity contribution in [2.24, 2.45) is 7.05 Å². The van der Waals surface area contributed by atoms with E-state index in [1.54, 1.807) is 27.7 Å². The Hall–Kier alpha value is -3.39. The zero-order chi connectivity index (χ0) is 20.8. The van der Waals surface area contributed by atoms with Crippen molar-refractivity contribution in [1.82, 2.24) is 24.4 Å². The average molecular weight is 466 g/mol. The summed E-state index contributed by atoms with van der Waals surface area (Å²) in [5.74, 6) is -1.42. The zero-order valence-corrected chi connectivity index (χ0v) is 17.3. The SMILES string of the molecule is Cn1cc(-c2ccc3c(-c4cc(Br)cc(-c5ncc(F)cc5F)c4)cnn3c2)cn1. The van der Waals surface area contributed by atoms with Gasteiger partial charge in [-0.1, -0.05) is 22.0 Å². The molecule has 0 fully saturated rings. The first kappa shape index (κ1) is 18.6. The van der Waals surface area contributed by atoms with Gasteiger partial charge in [-0.3, -0.25) is 9.67 Å². The summed E-state index contributed by atoms with van der Waals surface area (Å²) in [7, 11) is 1.87. The zero-order valence-electron chi connectivity index (χ0n) is 15.7. The van der Waals surface area contributed by atoms with Crippen LogP contribution < -0.4 is 0 Å². The predicted molar refractivity (Wildman–Crippen MR) is 114 cm³/mol. The Balaban J connectivity index is 1.61. The third-order valence-electron chi connectivity index (χ3n) is 4.84. The molecule has 5 aromatic rings. The lowest BCUT2D eigenvalue weighted by atomic mass is 10.0. The van der Waals surface area contributed by atoms with E-state index in [0.29, 0.717) is 5.56 Å². The summed E-state index contributed by atoms with van der Waals surface area (Å²) in [5.41, 5.74) is 5.26. The van der Waals surface area contributed by atoms with Gasteiger partial charge in [0.1, 0.15) is 11.5 Å². The predicted octanol–water partition coefficient (Wildman–Crippen LogP) is 5.50. The Bertz CT molecular complexity index is 1410. The van der Waals surface area contributed by atoms with Crippen LogP contribution in [0, 0.1) is 11.6 Å². The maximum Gasteiger partial charge on any atom is 0.152 e. The molecule has 5 rings (SSSR count). The Kier molecular flexibility index (Phi) is 4.43. The second kappa shape index (κ2) is 7.14. The molecule has 0 aliphatic heterocycles. The van der Waals surface area contributed by atoms with Crippen LogP contribution in [0.25, 0.3) is 39.0 Å². The number of fused-ring (bicyclic) bond motifs is 1. The van der Waals surface area contributed by atoms with Crippen LogP contribution >= 0.6 is 15.9 Å². The van der Waals surface area contributed by atoms with Crippen LogP contribution in [0.15, 0.2) is 71.9 Å². The molecule has 1 aromatic carbocycles. The summed E-state index contributed by atoms with van der Waals surface area (Å²) in [6, 6.07) is 10.3. The molecule has 5 nitrogen and oxygen atoms in total. The lowest BCUT2D eigenvalue weighted by Crippen LogP contribution is -1.92. The minimum absolute atomic E-state index is 0.0919. The molecule has 0 spiro atoms. The first-order chi connectivity index (χ1) is 14.5. The quantitative estimate of drug-likeness (QED) is 0.353. The third-order valence-corrected chi connectivity index (χ3v) is 5.30. The summed E-state index contributed by atoms with van der Waals surface area (Å²) in [5, 5.41) is 8.69. The maximum atomic E-state index is 14.3. The monoisotopic (exact) mass is 465 g/mol. The summed E-state index contributed by atoms with van der Waals surface area (Å²) in [6.07, 6.45) is 8.46. The number of aryl methyl sites for hydroxylation is 1. The summed E-state index contributed by atoms with van der Waals surface area (Å²) in [4.78, 5) is 3.92. The van der Waals surface area contributed by atoms with Gasteiger partial charge >= 0.3 is 0 Å². The van der Waals surface area contributed by atoms with Crippen molar-refractivity contribution in [1.29, 1.82) is 0 Å². The van der Waals surface area contributed by atoms with Gasteiger partial charge in [0.25, 0.3) is 0 Å². The molecule has 0 saturated heterocycles.